The highest BCUT2D eigenvalue weighted by Gasteiger charge is 2.24. The fourth-order valence-corrected chi connectivity index (χ4v) is 5.33. The summed E-state index contributed by atoms with van der Waals surface area (Å²) in [6, 6.07) is 19.8. The van der Waals surface area contributed by atoms with Crippen LogP contribution in [-0.2, 0) is 13.1 Å². The largest absolute Gasteiger partial charge is 0.379 e. The third-order valence-corrected chi connectivity index (χ3v) is 7.15. The van der Waals surface area contributed by atoms with Crippen molar-refractivity contribution >= 4 is 33.2 Å². The van der Waals surface area contributed by atoms with E-state index in [1.54, 1.807) is 10.6 Å². The van der Waals surface area contributed by atoms with Crippen LogP contribution in [0.5, 0.6) is 0 Å². The highest BCUT2D eigenvalue weighted by atomic mass is 32.1. The molecule has 3 N–H and O–H groups in total. The smallest absolute Gasteiger partial charge is 0.273 e. The molecule has 8 heteroatoms. The van der Waals surface area contributed by atoms with Crippen molar-refractivity contribution in [2.75, 3.05) is 23.3 Å². The molecule has 0 saturated carbocycles. The summed E-state index contributed by atoms with van der Waals surface area (Å²) >= 11 is 1.40. The van der Waals surface area contributed by atoms with E-state index in [-0.39, 0.29) is 18.1 Å². The minimum atomic E-state index is -0.0929. The molecule has 2 aromatic carbocycles. The normalized spacial score (nSPS) is 15.9. The number of nitriles is 1. The van der Waals surface area contributed by atoms with Crippen LogP contribution >= 0.6 is 11.3 Å². The minimum Gasteiger partial charge on any atom is -0.379 e. The summed E-state index contributed by atoms with van der Waals surface area (Å²) in [5.41, 5.74) is 10.2. The van der Waals surface area contributed by atoms with Gasteiger partial charge in [0.15, 0.2) is 0 Å². The third-order valence-electron chi connectivity index (χ3n) is 6.19. The van der Waals surface area contributed by atoms with Gasteiger partial charge in [-0.15, -0.1) is 11.3 Å². The average Bonchev–Trinajstić information content (AvgIpc) is 3.28. The average molecular weight is 471 g/mol. The maximum atomic E-state index is 13.7. The van der Waals surface area contributed by atoms with E-state index in [4.69, 9.17) is 10.7 Å². The quantitative estimate of drug-likeness (QED) is 0.443. The molecular formula is C26H26N6OS. The number of nitrogens with two attached hydrogens (primary N) is 1. The maximum Gasteiger partial charge on any atom is 0.273 e. The number of anilines is 2. The van der Waals surface area contributed by atoms with E-state index in [9.17, 15) is 10.1 Å². The van der Waals surface area contributed by atoms with Gasteiger partial charge in [-0.1, -0.05) is 48.5 Å². The monoisotopic (exact) mass is 470 g/mol. The first kappa shape index (κ1) is 22.1. The summed E-state index contributed by atoms with van der Waals surface area (Å²) in [7, 11) is 0. The Morgan fingerprint density at radius 2 is 1.97 bits per heavy atom. The van der Waals surface area contributed by atoms with Gasteiger partial charge < -0.3 is 16.0 Å². The van der Waals surface area contributed by atoms with Crippen LogP contribution in [-0.4, -0.2) is 28.7 Å². The van der Waals surface area contributed by atoms with Gasteiger partial charge in [-0.25, -0.2) is 4.98 Å². The SMILES string of the molecule is N#Cc1ccccc1Cn1c(N2CCC[C@@H](N)C2)nc2c(NCc3ccccc3)csc2c1=O. The maximum absolute atomic E-state index is 13.7. The Labute approximate surface area is 202 Å². The highest BCUT2D eigenvalue weighted by Crippen LogP contribution is 2.30. The van der Waals surface area contributed by atoms with Crippen molar-refractivity contribution < 1.29 is 0 Å². The number of benzene rings is 2. The molecule has 1 aliphatic rings. The Morgan fingerprint density at radius 3 is 2.76 bits per heavy atom. The summed E-state index contributed by atoms with van der Waals surface area (Å²) in [5, 5.41) is 15.0. The molecule has 1 saturated heterocycles. The standard InChI is InChI=1S/C26H26N6OS/c27-13-19-9-4-5-10-20(19)15-32-25(33)24-23(30-26(32)31-12-6-11-21(28)16-31)22(17-34-24)29-14-18-7-2-1-3-8-18/h1-5,7-10,17,21,29H,6,11-12,14-16,28H2/t21-/m1/s1. The zero-order chi connectivity index (χ0) is 23.5. The Morgan fingerprint density at radius 1 is 1.18 bits per heavy atom. The van der Waals surface area contributed by atoms with E-state index in [1.807, 2.05) is 41.8 Å². The fraction of sp³-hybridized carbons (Fsp3) is 0.269. The first-order chi connectivity index (χ1) is 16.6. The van der Waals surface area contributed by atoms with Crippen molar-refractivity contribution in [2.45, 2.75) is 32.0 Å². The van der Waals surface area contributed by atoms with E-state index in [0.29, 0.717) is 34.8 Å². The molecule has 4 aromatic rings. The predicted molar refractivity (Wildman–Crippen MR) is 137 cm³/mol. The lowest BCUT2D eigenvalue weighted by molar-refractivity contribution is 0.492. The van der Waals surface area contributed by atoms with Crippen molar-refractivity contribution in [3.8, 4) is 6.07 Å². The van der Waals surface area contributed by atoms with Crippen molar-refractivity contribution in [1.82, 2.24) is 9.55 Å². The molecule has 3 heterocycles. The Bertz CT molecular complexity index is 1400. The van der Waals surface area contributed by atoms with Crippen LogP contribution in [0.2, 0.25) is 0 Å². The number of fused-ring (bicyclic) bond motifs is 1. The number of rotatable bonds is 6. The van der Waals surface area contributed by atoms with Crippen molar-refractivity contribution in [3.63, 3.8) is 0 Å². The Hall–Kier alpha value is -3.67. The molecule has 0 aliphatic carbocycles. The molecule has 1 atom stereocenters. The lowest BCUT2D eigenvalue weighted by atomic mass is 10.1. The van der Waals surface area contributed by atoms with Crippen LogP contribution in [0, 0.1) is 11.3 Å². The Balaban J connectivity index is 1.58. The molecule has 1 fully saturated rings. The zero-order valence-corrected chi connectivity index (χ0v) is 19.6. The van der Waals surface area contributed by atoms with Crippen LogP contribution in [0.4, 0.5) is 11.6 Å². The molecule has 34 heavy (non-hydrogen) atoms. The van der Waals surface area contributed by atoms with Gasteiger partial charge in [0.1, 0.15) is 10.2 Å². The molecule has 0 spiro atoms. The summed E-state index contributed by atoms with van der Waals surface area (Å²) in [4.78, 5) is 20.9. The van der Waals surface area contributed by atoms with Crippen molar-refractivity contribution in [2.24, 2.45) is 5.73 Å². The topological polar surface area (TPSA) is 100.0 Å². The highest BCUT2D eigenvalue weighted by molar-refractivity contribution is 7.17. The van der Waals surface area contributed by atoms with E-state index in [0.717, 1.165) is 36.2 Å². The van der Waals surface area contributed by atoms with Crippen LogP contribution in [0.15, 0.2) is 64.8 Å². The second-order valence-corrected chi connectivity index (χ2v) is 9.47. The molecular weight excluding hydrogens is 444 g/mol. The first-order valence-electron chi connectivity index (χ1n) is 11.4. The van der Waals surface area contributed by atoms with E-state index in [1.165, 1.54) is 11.3 Å². The number of nitrogens with one attached hydrogen (secondary N) is 1. The number of nitrogens with zero attached hydrogens (tertiary/aromatic N) is 4. The summed E-state index contributed by atoms with van der Waals surface area (Å²) in [6.07, 6.45) is 1.91. The minimum absolute atomic E-state index is 0.0411. The number of thiophene rings is 1. The van der Waals surface area contributed by atoms with Crippen LogP contribution in [0.25, 0.3) is 10.2 Å². The molecule has 0 bridgehead atoms. The molecule has 7 nitrogen and oxygen atoms in total. The van der Waals surface area contributed by atoms with E-state index >= 15 is 0 Å². The van der Waals surface area contributed by atoms with Crippen molar-refractivity contribution in [1.29, 1.82) is 5.26 Å². The van der Waals surface area contributed by atoms with Crippen molar-refractivity contribution in [3.05, 3.63) is 87.0 Å². The molecule has 1 aliphatic heterocycles. The number of piperidine rings is 1. The number of hydrogen-bond donors (Lipinski definition) is 2. The van der Waals surface area contributed by atoms with Gasteiger partial charge in [0, 0.05) is 31.1 Å². The van der Waals surface area contributed by atoms with Gasteiger partial charge in [-0.3, -0.25) is 9.36 Å². The predicted octanol–water partition coefficient (Wildman–Crippen LogP) is 3.92. The van der Waals surface area contributed by atoms with Gasteiger partial charge in [0.05, 0.1) is 23.9 Å². The van der Waals surface area contributed by atoms with Gasteiger partial charge in [-0.05, 0) is 30.0 Å². The van der Waals surface area contributed by atoms with Gasteiger partial charge in [0.25, 0.3) is 5.56 Å². The van der Waals surface area contributed by atoms with Crippen LogP contribution < -0.4 is 21.5 Å². The summed E-state index contributed by atoms with van der Waals surface area (Å²) in [5.74, 6) is 0.613. The summed E-state index contributed by atoms with van der Waals surface area (Å²) < 4.78 is 2.31. The third kappa shape index (κ3) is 4.40. The lowest BCUT2D eigenvalue weighted by Crippen LogP contribution is -2.45. The molecule has 0 radical (unpaired) electrons. The van der Waals surface area contributed by atoms with E-state index in [2.05, 4.69) is 28.4 Å². The molecule has 2 aromatic heterocycles. The zero-order valence-electron chi connectivity index (χ0n) is 18.8. The number of aromatic nitrogens is 2. The molecule has 0 unspecified atom stereocenters. The van der Waals surface area contributed by atoms with E-state index < -0.39 is 0 Å². The van der Waals surface area contributed by atoms with Crippen LogP contribution in [0.1, 0.15) is 29.5 Å². The first-order valence-corrected chi connectivity index (χ1v) is 12.3. The number of hydrogen-bond acceptors (Lipinski definition) is 7. The molecule has 0 amide bonds. The molecule has 172 valence electrons. The molecule has 5 rings (SSSR count). The second kappa shape index (κ2) is 9.67. The fourth-order valence-electron chi connectivity index (χ4n) is 4.42. The van der Waals surface area contributed by atoms with Gasteiger partial charge in [-0.2, -0.15) is 5.26 Å². The lowest BCUT2D eigenvalue weighted by Gasteiger charge is -2.33. The van der Waals surface area contributed by atoms with Crippen LogP contribution in [0.3, 0.4) is 0 Å². The summed E-state index contributed by atoms with van der Waals surface area (Å²) in [6.45, 7) is 2.38. The Kier molecular flexibility index (Phi) is 6.30. The van der Waals surface area contributed by atoms with Gasteiger partial charge in [0.2, 0.25) is 5.95 Å². The second-order valence-electron chi connectivity index (χ2n) is 8.59. The van der Waals surface area contributed by atoms with Gasteiger partial charge >= 0.3 is 0 Å².